The number of ether oxygens (including phenoxy) is 5. The van der Waals surface area contributed by atoms with E-state index >= 15 is 0 Å². The van der Waals surface area contributed by atoms with E-state index in [1.54, 1.807) is 72.8 Å². The number of benzene rings is 14. The van der Waals surface area contributed by atoms with Crippen LogP contribution in [0.5, 0.6) is 28.7 Å². The zero-order valence-corrected chi connectivity index (χ0v) is 68.7. The molecular formula is C107H100O10. The van der Waals surface area contributed by atoms with Gasteiger partial charge in [0.2, 0.25) is 0 Å². The second kappa shape index (κ2) is 42.9. The van der Waals surface area contributed by atoms with Crippen molar-refractivity contribution in [1.82, 2.24) is 0 Å². The monoisotopic (exact) mass is 1540 g/mol. The van der Waals surface area contributed by atoms with Crippen LogP contribution >= 0.6 is 0 Å². The minimum atomic E-state index is -0.363. The van der Waals surface area contributed by atoms with Crippen LogP contribution in [0.2, 0.25) is 0 Å². The van der Waals surface area contributed by atoms with Gasteiger partial charge in [0.1, 0.15) is 28.7 Å². The van der Waals surface area contributed by atoms with Gasteiger partial charge in [-0.05, 0) is 274 Å². The summed E-state index contributed by atoms with van der Waals surface area (Å²) in [6.45, 7) is 24.6. The molecule has 1 fully saturated rings. The second-order valence-corrected chi connectivity index (χ2v) is 29.8. The topological polar surface area (TPSA) is 132 Å². The third kappa shape index (κ3) is 28.1. The van der Waals surface area contributed by atoms with Gasteiger partial charge in [-0.2, -0.15) is 0 Å². The fourth-order valence-corrected chi connectivity index (χ4v) is 12.1. The van der Waals surface area contributed by atoms with Crippen molar-refractivity contribution in [2.24, 2.45) is 11.8 Å². The molecule has 0 heterocycles. The average molecular weight is 1550 g/mol. The minimum Gasteiger partial charge on any atom is -0.426 e. The fraction of sp³-hybridized carbons (Fsp3) is 0.168. The Kier molecular flexibility index (Phi) is 31.4. The SMILES string of the molecule is Cc1ccc(-c2ccc(C(=O)Oc3ccc4cc(C)ccc4c3)cc2)cc1.Cc1ccc(-c2ccc(C)cc2)cc1.Cc1ccc(C#Cc2ccc(OC(=O)c3ccc(C)cc3)cc2)cc1.Cc1ccc(OC(=O)C2CCC(C)CC2)cc1.Cc1ccc(OC(=O)c2ccc(C)cc2)cc1.Cc1ccc(OC(=O)c2ccc(C)cc2)cc1. The number of hydrogen-bond donors (Lipinski definition) is 0. The molecule has 10 heteroatoms. The van der Waals surface area contributed by atoms with Gasteiger partial charge in [0.15, 0.2) is 0 Å². The number of carbonyl (C=O) groups is 5. The number of rotatable bonds is 12. The molecule has 1 saturated carbocycles. The molecule has 10 nitrogen and oxygen atoms in total. The Balaban J connectivity index is 0.000000150. The van der Waals surface area contributed by atoms with Crippen LogP contribution in [0.4, 0.5) is 0 Å². The number of carbonyl (C=O) groups excluding carboxylic acids is 5. The molecule has 0 atom stereocenters. The maximum atomic E-state index is 12.5. The lowest BCUT2D eigenvalue weighted by molar-refractivity contribution is -0.140. The van der Waals surface area contributed by atoms with E-state index in [4.69, 9.17) is 23.7 Å². The Labute approximate surface area is 689 Å². The lowest BCUT2D eigenvalue weighted by atomic mass is 9.83. The molecule has 0 radical (unpaired) electrons. The summed E-state index contributed by atoms with van der Waals surface area (Å²) in [5.74, 6) is 8.55. The zero-order valence-electron chi connectivity index (χ0n) is 68.7. The van der Waals surface area contributed by atoms with Gasteiger partial charge in [-0.1, -0.05) is 274 Å². The Hall–Kier alpha value is -13.8. The summed E-state index contributed by atoms with van der Waals surface area (Å²) in [4.78, 5) is 60.1. The van der Waals surface area contributed by atoms with Crippen LogP contribution in [0.3, 0.4) is 0 Å². The Morgan fingerprint density at radius 3 is 0.769 bits per heavy atom. The Morgan fingerprint density at radius 1 is 0.231 bits per heavy atom. The third-order valence-electron chi connectivity index (χ3n) is 19.5. The van der Waals surface area contributed by atoms with Crippen LogP contribution in [0.25, 0.3) is 33.0 Å². The summed E-state index contributed by atoms with van der Waals surface area (Å²) < 4.78 is 26.9. The summed E-state index contributed by atoms with van der Waals surface area (Å²) in [5.41, 5.74) is 21.9. The van der Waals surface area contributed by atoms with Crippen molar-refractivity contribution in [3.05, 3.63) is 422 Å². The van der Waals surface area contributed by atoms with Gasteiger partial charge in [0, 0.05) is 11.1 Å². The molecule has 588 valence electrons. The largest absolute Gasteiger partial charge is 0.426 e. The molecule has 0 saturated heterocycles. The molecule has 0 N–H and O–H groups in total. The molecule has 15 rings (SSSR count). The first-order valence-electron chi connectivity index (χ1n) is 39.4. The highest BCUT2D eigenvalue weighted by Crippen LogP contribution is 2.31. The van der Waals surface area contributed by atoms with Crippen LogP contribution in [-0.4, -0.2) is 29.8 Å². The third-order valence-corrected chi connectivity index (χ3v) is 19.5. The summed E-state index contributed by atoms with van der Waals surface area (Å²) in [7, 11) is 0. The minimum absolute atomic E-state index is 0.0549. The van der Waals surface area contributed by atoms with Gasteiger partial charge in [0.05, 0.1) is 28.2 Å². The number of esters is 5. The van der Waals surface area contributed by atoms with Crippen molar-refractivity contribution in [3.8, 4) is 62.8 Å². The van der Waals surface area contributed by atoms with Gasteiger partial charge in [0.25, 0.3) is 0 Å². The normalized spacial score (nSPS) is 12.2. The Bertz CT molecular complexity index is 5470. The maximum Gasteiger partial charge on any atom is 0.343 e. The number of fused-ring (bicyclic) bond motifs is 1. The molecule has 1 aliphatic rings. The van der Waals surface area contributed by atoms with Crippen molar-refractivity contribution in [1.29, 1.82) is 0 Å². The highest BCUT2D eigenvalue weighted by atomic mass is 16.6. The van der Waals surface area contributed by atoms with Gasteiger partial charge < -0.3 is 23.7 Å². The smallest absolute Gasteiger partial charge is 0.343 e. The summed E-state index contributed by atoms with van der Waals surface area (Å²) in [6, 6.07) is 105. The molecule has 1 aliphatic carbocycles. The fourth-order valence-electron chi connectivity index (χ4n) is 12.1. The van der Waals surface area contributed by atoms with E-state index in [1.807, 2.05) is 218 Å². The van der Waals surface area contributed by atoms with E-state index in [2.05, 4.69) is 131 Å². The zero-order chi connectivity index (χ0) is 83.2. The van der Waals surface area contributed by atoms with E-state index in [-0.39, 0.29) is 35.8 Å². The van der Waals surface area contributed by atoms with Gasteiger partial charge in [-0.25, -0.2) is 19.2 Å². The standard InChI is InChI=1S/C25H20O2.C23H18O2.C15H20O2.2C15H14O2.C14H14/c1-17-3-6-19(7-4-17)20-9-11-21(12-10-20)25(26)27-24-14-13-22-15-18(2)5-8-23(22)16-24;1-17-3-7-19(8-4-17)9-10-20-11-15-22(16-12-20)25-23(24)21-13-5-18(2)6-14-21;3*1-11-3-7-13(8-4-11)15(16)17-14-9-5-12(2)6-10-14;1-11-3-7-13(8-4-11)14-9-5-12(2)6-10-14/h3-16H,1-2H3;3-8,11-16H,1-2H3;5-6,9-11,13H,3-4,7-8H2,1-2H3;2*3-10H,1-2H3;3-10H,1-2H3. The highest BCUT2D eigenvalue weighted by Gasteiger charge is 2.26. The molecule has 0 aliphatic heterocycles. The molecule has 14 aromatic carbocycles. The highest BCUT2D eigenvalue weighted by molar-refractivity contribution is 5.94. The number of hydrogen-bond acceptors (Lipinski definition) is 10. The predicted molar refractivity (Wildman–Crippen MR) is 474 cm³/mol. The van der Waals surface area contributed by atoms with Crippen molar-refractivity contribution in [3.63, 3.8) is 0 Å². The van der Waals surface area contributed by atoms with Crippen molar-refractivity contribution < 1.29 is 47.7 Å². The summed E-state index contributed by atoms with van der Waals surface area (Å²) in [6.07, 6.45) is 4.25. The first kappa shape index (κ1) is 85.7. The molecular weight excluding hydrogens is 1450 g/mol. The summed E-state index contributed by atoms with van der Waals surface area (Å²) >= 11 is 0. The van der Waals surface area contributed by atoms with Crippen LogP contribution in [0.15, 0.2) is 328 Å². The molecule has 117 heavy (non-hydrogen) atoms. The van der Waals surface area contributed by atoms with E-state index in [0.29, 0.717) is 51.0 Å². The quantitative estimate of drug-likeness (QED) is 0.0662. The lowest BCUT2D eigenvalue weighted by Crippen LogP contribution is -2.24. The van der Waals surface area contributed by atoms with Crippen LogP contribution in [0, 0.1) is 99.8 Å². The maximum absolute atomic E-state index is 12.5. The van der Waals surface area contributed by atoms with Crippen LogP contribution in [0.1, 0.15) is 146 Å². The van der Waals surface area contributed by atoms with Crippen molar-refractivity contribution >= 4 is 40.6 Å². The van der Waals surface area contributed by atoms with Crippen molar-refractivity contribution in [2.45, 2.75) is 109 Å². The molecule has 14 aromatic rings. The van der Waals surface area contributed by atoms with Gasteiger partial charge in [-0.3, -0.25) is 4.79 Å². The molecule has 0 unspecified atom stereocenters. The summed E-state index contributed by atoms with van der Waals surface area (Å²) in [5, 5.41) is 2.19. The van der Waals surface area contributed by atoms with E-state index in [0.717, 1.165) is 92.4 Å². The lowest BCUT2D eigenvalue weighted by Gasteiger charge is -2.24. The van der Waals surface area contributed by atoms with Gasteiger partial charge in [-0.15, -0.1) is 0 Å². The first-order valence-corrected chi connectivity index (χ1v) is 39.4. The predicted octanol–water partition coefficient (Wildman–Crippen LogP) is 26.0. The van der Waals surface area contributed by atoms with Crippen LogP contribution < -0.4 is 23.7 Å². The van der Waals surface area contributed by atoms with E-state index in [9.17, 15) is 24.0 Å². The second-order valence-electron chi connectivity index (χ2n) is 29.8. The molecule has 0 spiro atoms. The van der Waals surface area contributed by atoms with E-state index < -0.39 is 0 Å². The Morgan fingerprint density at radius 2 is 0.444 bits per heavy atom. The van der Waals surface area contributed by atoms with E-state index in [1.165, 1.54) is 44.5 Å². The number of aryl methyl sites for hydroxylation is 11. The molecule has 0 aromatic heterocycles. The van der Waals surface area contributed by atoms with Gasteiger partial charge >= 0.3 is 29.8 Å². The van der Waals surface area contributed by atoms with Crippen LogP contribution in [-0.2, 0) is 4.79 Å². The molecule has 0 amide bonds. The average Bonchev–Trinajstić information content (AvgIpc) is 0.791. The first-order chi connectivity index (χ1) is 56.4. The van der Waals surface area contributed by atoms with Crippen molar-refractivity contribution in [2.75, 3.05) is 0 Å². The molecule has 0 bridgehead atoms.